The van der Waals surface area contributed by atoms with Crippen molar-refractivity contribution in [1.82, 2.24) is 10.3 Å². The molecule has 126 valence electrons. The second kappa shape index (κ2) is 8.21. The van der Waals surface area contributed by atoms with Gasteiger partial charge in [0.15, 0.2) is 5.13 Å². The molecule has 25 heavy (non-hydrogen) atoms. The predicted molar refractivity (Wildman–Crippen MR) is 98.6 cm³/mol. The van der Waals surface area contributed by atoms with Crippen molar-refractivity contribution in [3.8, 4) is 0 Å². The fourth-order valence-electron chi connectivity index (χ4n) is 2.37. The molecular weight excluding hydrogens is 334 g/mol. The Hall–Kier alpha value is -2.99. The summed E-state index contributed by atoms with van der Waals surface area (Å²) in [4.78, 5) is 29.1. The molecule has 5 nitrogen and oxygen atoms in total. The van der Waals surface area contributed by atoms with Crippen LogP contribution >= 0.6 is 11.3 Å². The van der Waals surface area contributed by atoms with E-state index < -0.39 is 6.04 Å². The third-order valence-corrected chi connectivity index (χ3v) is 4.29. The average molecular weight is 351 g/mol. The van der Waals surface area contributed by atoms with Gasteiger partial charge in [0.2, 0.25) is 5.91 Å². The van der Waals surface area contributed by atoms with Crippen molar-refractivity contribution >= 4 is 28.3 Å². The summed E-state index contributed by atoms with van der Waals surface area (Å²) in [6, 6.07) is 17.7. The van der Waals surface area contributed by atoms with E-state index in [-0.39, 0.29) is 11.8 Å². The molecule has 1 atom stereocenters. The zero-order valence-corrected chi connectivity index (χ0v) is 14.2. The Morgan fingerprint density at radius 2 is 1.68 bits per heavy atom. The van der Waals surface area contributed by atoms with Crippen molar-refractivity contribution in [2.24, 2.45) is 0 Å². The van der Waals surface area contributed by atoms with E-state index in [1.54, 1.807) is 35.8 Å². The smallest absolute Gasteiger partial charge is 0.251 e. The van der Waals surface area contributed by atoms with Crippen LogP contribution in [-0.2, 0) is 11.2 Å². The highest BCUT2D eigenvalue weighted by molar-refractivity contribution is 7.13. The summed E-state index contributed by atoms with van der Waals surface area (Å²) in [6.45, 7) is 0. The molecule has 0 fully saturated rings. The van der Waals surface area contributed by atoms with Crippen LogP contribution in [0.5, 0.6) is 0 Å². The first-order valence-corrected chi connectivity index (χ1v) is 8.70. The molecule has 3 rings (SSSR count). The highest BCUT2D eigenvalue weighted by Gasteiger charge is 2.22. The van der Waals surface area contributed by atoms with Gasteiger partial charge in [0.1, 0.15) is 6.04 Å². The van der Waals surface area contributed by atoms with Crippen LogP contribution in [0.15, 0.2) is 72.2 Å². The van der Waals surface area contributed by atoms with E-state index in [4.69, 9.17) is 0 Å². The second-order valence-electron chi connectivity index (χ2n) is 5.41. The molecule has 0 bridgehead atoms. The first-order valence-electron chi connectivity index (χ1n) is 7.82. The van der Waals surface area contributed by atoms with Crippen molar-refractivity contribution in [3.63, 3.8) is 0 Å². The number of benzene rings is 2. The minimum Gasteiger partial charge on any atom is -0.340 e. The van der Waals surface area contributed by atoms with Crippen LogP contribution in [0.1, 0.15) is 15.9 Å². The summed E-state index contributed by atoms with van der Waals surface area (Å²) < 4.78 is 0. The van der Waals surface area contributed by atoms with E-state index in [1.807, 2.05) is 36.4 Å². The Morgan fingerprint density at radius 1 is 1.00 bits per heavy atom. The van der Waals surface area contributed by atoms with E-state index in [0.717, 1.165) is 5.56 Å². The van der Waals surface area contributed by atoms with Gasteiger partial charge in [0, 0.05) is 23.6 Å². The Balaban J connectivity index is 1.76. The van der Waals surface area contributed by atoms with Crippen LogP contribution in [0.25, 0.3) is 0 Å². The molecule has 0 radical (unpaired) electrons. The Labute approximate surface area is 149 Å². The lowest BCUT2D eigenvalue weighted by Gasteiger charge is -2.18. The van der Waals surface area contributed by atoms with Gasteiger partial charge < -0.3 is 10.6 Å². The summed E-state index contributed by atoms with van der Waals surface area (Å²) in [5, 5.41) is 7.87. The summed E-state index contributed by atoms with van der Waals surface area (Å²) in [5.74, 6) is -0.570. The number of anilines is 1. The van der Waals surface area contributed by atoms with Gasteiger partial charge in [-0.1, -0.05) is 48.5 Å². The van der Waals surface area contributed by atoms with Crippen LogP contribution in [0.4, 0.5) is 5.13 Å². The average Bonchev–Trinajstić information content (AvgIpc) is 3.15. The summed E-state index contributed by atoms with van der Waals surface area (Å²) in [5.41, 5.74) is 1.48. The molecule has 6 heteroatoms. The maximum atomic E-state index is 12.6. The quantitative estimate of drug-likeness (QED) is 0.717. The van der Waals surface area contributed by atoms with E-state index in [2.05, 4.69) is 15.6 Å². The highest BCUT2D eigenvalue weighted by atomic mass is 32.1. The minimum absolute atomic E-state index is 0.282. The number of rotatable bonds is 6. The summed E-state index contributed by atoms with van der Waals surface area (Å²) in [6.07, 6.45) is 2.02. The fraction of sp³-hybridized carbons (Fsp3) is 0.105. The SMILES string of the molecule is O=C(N[C@@H](Cc1ccccc1)C(=O)Nc1nccs1)c1ccccc1. The molecule has 2 aromatic carbocycles. The largest absolute Gasteiger partial charge is 0.340 e. The molecule has 3 aromatic rings. The minimum atomic E-state index is -0.695. The van der Waals surface area contributed by atoms with Gasteiger partial charge in [-0.2, -0.15) is 0 Å². The number of carbonyl (C=O) groups excluding carboxylic acids is 2. The molecule has 1 heterocycles. The molecule has 0 aliphatic rings. The molecule has 0 spiro atoms. The number of carbonyl (C=O) groups is 2. The third kappa shape index (κ3) is 4.74. The fourth-order valence-corrected chi connectivity index (χ4v) is 2.90. The molecule has 0 saturated carbocycles. The molecule has 2 N–H and O–H groups in total. The van der Waals surface area contributed by atoms with Gasteiger partial charge in [-0.15, -0.1) is 11.3 Å². The molecule has 0 unspecified atom stereocenters. The lowest BCUT2D eigenvalue weighted by atomic mass is 10.0. The van der Waals surface area contributed by atoms with Crippen molar-refractivity contribution in [2.75, 3.05) is 5.32 Å². The van der Waals surface area contributed by atoms with Crippen molar-refractivity contribution in [3.05, 3.63) is 83.4 Å². The summed E-state index contributed by atoms with van der Waals surface area (Å²) in [7, 11) is 0. The van der Waals surface area contributed by atoms with E-state index in [0.29, 0.717) is 17.1 Å². The Kier molecular flexibility index (Phi) is 5.53. The van der Waals surface area contributed by atoms with Crippen LogP contribution in [-0.4, -0.2) is 22.8 Å². The topological polar surface area (TPSA) is 71.1 Å². The Morgan fingerprint density at radius 3 is 2.32 bits per heavy atom. The van der Waals surface area contributed by atoms with E-state index >= 15 is 0 Å². The van der Waals surface area contributed by atoms with E-state index in [1.165, 1.54) is 11.3 Å². The number of nitrogens with one attached hydrogen (secondary N) is 2. The van der Waals surface area contributed by atoms with Gasteiger partial charge in [-0.05, 0) is 17.7 Å². The van der Waals surface area contributed by atoms with Gasteiger partial charge in [-0.3, -0.25) is 9.59 Å². The third-order valence-electron chi connectivity index (χ3n) is 3.60. The van der Waals surface area contributed by atoms with Crippen LogP contribution in [0.2, 0.25) is 0 Å². The van der Waals surface area contributed by atoms with Gasteiger partial charge in [0.25, 0.3) is 5.91 Å². The molecule has 0 aliphatic heterocycles. The molecule has 0 aliphatic carbocycles. The number of aromatic nitrogens is 1. The number of hydrogen-bond acceptors (Lipinski definition) is 4. The first kappa shape index (κ1) is 16.9. The molecule has 2 amide bonds. The lowest BCUT2D eigenvalue weighted by molar-refractivity contribution is -0.118. The number of thiazole rings is 1. The molecule has 1 aromatic heterocycles. The zero-order valence-electron chi connectivity index (χ0n) is 13.4. The maximum absolute atomic E-state index is 12.6. The molecular formula is C19H17N3O2S. The first-order chi connectivity index (χ1) is 12.2. The monoisotopic (exact) mass is 351 g/mol. The normalized spacial score (nSPS) is 11.5. The maximum Gasteiger partial charge on any atom is 0.251 e. The van der Waals surface area contributed by atoms with Crippen molar-refractivity contribution in [2.45, 2.75) is 12.5 Å². The lowest BCUT2D eigenvalue weighted by Crippen LogP contribution is -2.45. The second-order valence-corrected chi connectivity index (χ2v) is 6.30. The summed E-state index contributed by atoms with van der Waals surface area (Å²) >= 11 is 1.33. The van der Waals surface area contributed by atoms with Crippen LogP contribution in [0.3, 0.4) is 0 Å². The number of nitrogens with zero attached hydrogens (tertiary/aromatic N) is 1. The van der Waals surface area contributed by atoms with Crippen LogP contribution in [0, 0.1) is 0 Å². The van der Waals surface area contributed by atoms with E-state index in [9.17, 15) is 9.59 Å². The number of hydrogen-bond donors (Lipinski definition) is 2. The predicted octanol–water partition coefficient (Wildman–Crippen LogP) is 3.12. The van der Waals surface area contributed by atoms with Crippen molar-refractivity contribution < 1.29 is 9.59 Å². The zero-order chi connectivity index (χ0) is 17.5. The van der Waals surface area contributed by atoms with Crippen LogP contribution < -0.4 is 10.6 Å². The highest BCUT2D eigenvalue weighted by Crippen LogP contribution is 2.12. The standard InChI is InChI=1S/C19H17N3O2S/c23-17(15-9-5-2-6-10-15)21-16(13-14-7-3-1-4-8-14)18(24)22-19-20-11-12-25-19/h1-12,16H,13H2,(H,21,23)(H,20,22,24)/t16-/m0/s1. The Bertz CT molecular complexity index is 820. The van der Waals surface area contributed by atoms with Gasteiger partial charge >= 0.3 is 0 Å². The molecule has 0 saturated heterocycles. The van der Waals surface area contributed by atoms with Gasteiger partial charge in [-0.25, -0.2) is 4.98 Å². The van der Waals surface area contributed by atoms with Gasteiger partial charge in [0.05, 0.1) is 0 Å². The van der Waals surface area contributed by atoms with Crippen molar-refractivity contribution in [1.29, 1.82) is 0 Å². The number of amides is 2.